The molecule has 0 amide bonds. The van der Waals surface area contributed by atoms with Gasteiger partial charge in [-0.15, -0.1) is 21.5 Å². The summed E-state index contributed by atoms with van der Waals surface area (Å²) >= 11 is 2.89. The van der Waals surface area contributed by atoms with E-state index in [1.165, 1.54) is 22.3 Å². The van der Waals surface area contributed by atoms with E-state index in [2.05, 4.69) is 51.3 Å². The van der Waals surface area contributed by atoms with Crippen molar-refractivity contribution in [1.82, 2.24) is 20.2 Å². The molecule has 2 aromatic carbocycles. The van der Waals surface area contributed by atoms with Crippen LogP contribution in [0.4, 0.5) is 26.3 Å². The minimum Gasteiger partial charge on any atom is -0.491 e. The van der Waals surface area contributed by atoms with Gasteiger partial charge in [0, 0.05) is 28.1 Å². The number of benzene rings is 2. The van der Waals surface area contributed by atoms with Gasteiger partial charge in [0.05, 0.1) is 30.4 Å². The number of rotatable bonds is 11. The lowest BCUT2D eigenvalue weighted by Crippen LogP contribution is -3.08. The third-order valence-electron chi connectivity index (χ3n) is 7.99. The first-order valence-electron chi connectivity index (χ1n) is 15.5. The fraction of sp³-hybridized carbons (Fsp3) is 0.324. The van der Waals surface area contributed by atoms with Crippen molar-refractivity contribution in [1.29, 1.82) is 0 Å². The van der Waals surface area contributed by atoms with E-state index >= 15 is 0 Å². The number of nitrogens with zero attached hydrogens (tertiary/aromatic N) is 5. The number of carboxylic acid groups (broad SMARTS) is 1. The fourth-order valence-electron chi connectivity index (χ4n) is 5.24. The predicted molar refractivity (Wildman–Crippen MR) is 183 cm³/mol. The second kappa shape index (κ2) is 14.4. The van der Waals surface area contributed by atoms with Gasteiger partial charge in [0.1, 0.15) is 6.54 Å². The number of fused-ring (bicyclic) bond motifs is 2. The van der Waals surface area contributed by atoms with Crippen LogP contribution in [0.3, 0.4) is 0 Å². The summed E-state index contributed by atoms with van der Waals surface area (Å²) in [6, 6.07) is 12.7. The molecule has 1 unspecified atom stereocenters. The molecule has 3 aromatic heterocycles. The van der Waals surface area contributed by atoms with Crippen LogP contribution in [0.2, 0.25) is 0 Å². The van der Waals surface area contributed by atoms with E-state index in [0.29, 0.717) is 53.1 Å². The quantitative estimate of drug-likeness (QED) is 0.125. The highest BCUT2D eigenvalue weighted by atomic mass is 32.1. The Morgan fingerprint density at radius 1 is 1.19 bits per heavy atom. The van der Waals surface area contributed by atoms with Gasteiger partial charge in [-0.1, -0.05) is 29.4 Å². The summed E-state index contributed by atoms with van der Waals surface area (Å²) in [6.07, 6.45) is 2.60. The molecule has 0 radical (unpaired) electrons. The second-order valence-corrected chi connectivity index (χ2v) is 13.4. The van der Waals surface area contributed by atoms with Crippen LogP contribution in [0.1, 0.15) is 51.8 Å². The summed E-state index contributed by atoms with van der Waals surface area (Å²) in [5.41, 5.74) is 3.56. The van der Waals surface area contributed by atoms with Crippen LogP contribution in [0, 0.1) is 24.6 Å². The number of halogens is 1. The maximum Gasteiger partial charge on any atom is 0.355 e. The number of nitrogens with one attached hydrogen (secondary N) is 2. The molecule has 13 heteroatoms. The molecular weight excluding hydrogens is 638 g/mol. The highest BCUT2D eigenvalue weighted by Gasteiger charge is 2.28. The number of hydrogen-bond acceptors (Lipinski definition) is 10. The molecule has 0 spiro atoms. The molecule has 1 aliphatic heterocycles. The van der Waals surface area contributed by atoms with Gasteiger partial charge in [-0.2, -0.15) is 0 Å². The molecule has 10 nitrogen and oxygen atoms in total. The van der Waals surface area contributed by atoms with Gasteiger partial charge >= 0.3 is 5.97 Å². The number of ether oxygens (including phenoxy) is 1. The Morgan fingerprint density at radius 2 is 2.04 bits per heavy atom. The molecule has 0 saturated heterocycles. The smallest absolute Gasteiger partial charge is 0.355 e. The van der Waals surface area contributed by atoms with Crippen LogP contribution in [0.5, 0.6) is 5.75 Å². The molecule has 5 aromatic rings. The minimum absolute atomic E-state index is 0.0144. The fourth-order valence-corrected chi connectivity index (χ4v) is 7.22. The molecule has 3 N–H and O–H groups in total. The van der Waals surface area contributed by atoms with E-state index in [1.807, 2.05) is 36.1 Å². The molecule has 0 bridgehead atoms. The Morgan fingerprint density at radius 3 is 2.83 bits per heavy atom. The Bertz CT molecular complexity index is 1950. The van der Waals surface area contributed by atoms with E-state index in [9.17, 15) is 14.3 Å². The Kier molecular flexibility index (Phi) is 9.91. The van der Waals surface area contributed by atoms with Gasteiger partial charge in [-0.3, -0.25) is 0 Å². The average Bonchev–Trinajstić information content (AvgIpc) is 3.69. The van der Waals surface area contributed by atoms with Gasteiger partial charge < -0.3 is 25.0 Å². The van der Waals surface area contributed by atoms with Crippen LogP contribution in [-0.2, 0) is 12.8 Å². The van der Waals surface area contributed by atoms with Gasteiger partial charge in [0.25, 0.3) is 0 Å². The normalized spacial score (nSPS) is 13.1. The van der Waals surface area contributed by atoms with Crippen molar-refractivity contribution in [3.63, 3.8) is 0 Å². The van der Waals surface area contributed by atoms with Crippen LogP contribution in [0.15, 0.2) is 42.5 Å². The highest BCUT2D eigenvalue weighted by Crippen LogP contribution is 2.39. The van der Waals surface area contributed by atoms with Crippen molar-refractivity contribution in [3.8, 4) is 17.6 Å². The molecule has 0 fully saturated rings. The van der Waals surface area contributed by atoms with Crippen molar-refractivity contribution in [3.05, 3.63) is 75.5 Å². The van der Waals surface area contributed by atoms with Crippen LogP contribution in [0.25, 0.3) is 10.2 Å². The molecule has 4 heterocycles. The number of aromatic carboxylic acids is 1. The minimum atomic E-state index is -1.09. The van der Waals surface area contributed by atoms with E-state index in [0.717, 1.165) is 45.9 Å². The zero-order chi connectivity index (χ0) is 32.9. The number of anilines is 4. The Hall–Kier alpha value is -4.64. The van der Waals surface area contributed by atoms with Crippen molar-refractivity contribution in [2.45, 2.75) is 39.5 Å². The SMILES string of the molecule is CC[NH+](C)CC#Cc1ccc(OCCCc2sc(N3CCCc4c3nnc(Nc3nc5ccccc5s3)c4C)nc2C(=O)O)c(F)c1. The standard InChI is InChI=1S/C34H34FN7O3S2/c1-4-41(3)17-7-10-22-15-16-26(24(35)20-22)45-19-9-14-28-29(32(43)44)37-34(47-28)42-18-8-11-23-21(2)30(39-40-31(23)42)38-33-36-25-12-5-6-13-27(25)46-33/h5-6,12-13,15-16,20H,4,8-9,11,14,17-19H2,1-3H3,(H,43,44)(H,36,38,39)/p+1. The van der Waals surface area contributed by atoms with Crippen molar-refractivity contribution < 1.29 is 23.9 Å². The summed E-state index contributed by atoms with van der Waals surface area (Å²) < 4.78 is 21.4. The summed E-state index contributed by atoms with van der Waals surface area (Å²) in [4.78, 5) is 25.2. The van der Waals surface area contributed by atoms with E-state index in [4.69, 9.17) is 4.74 Å². The molecule has 242 valence electrons. The summed E-state index contributed by atoms with van der Waals surface area (Å²) in [6.45, 7) is 6.63. The van der Waals surface area contributed by atoms with E-state index in [-0.39, 0.29) is 18.1 Å². The number of thiazole rings is 2. The van der Waals surface area contributed by atoms with Gasteiger partial charge in [-0.25, -0.2) is 19.2 Å². The average molecular weight is 673 g/mol. The van der Waals surface area contributed by atoms with E-state index < -0.39 is 11.8 Å². The maximum atomic E-state index is 14.7. The largest absolute Gasteiger partial charge is 0.491 e. The first-order chi connectivity index (χ1) is 22.8. The molecule has 1 aliphatic rings. The van der Waals surface area contributed by atoms with Crippen molar-refractivity contribution >= 4 is 60.8 Å². The Balaban J connectivity index is 1.12. The van der Waals surface area contributed by atoms with Crippen LogP contribution in [-0.4, -0.2) is 64.5 Å². The zero-order valence-electron chi connectivity index (χ0n) is 26.4. The van der Waals surface area contributed by atoms with E-state index in [1.54, 1.807) is 23.5 Å². The number of aromatic nitrogens is 4. The van der Waals surface area contributed by atoms with Crippen molar-refractivity contribution in [2.24, 2.45) is 0 Å². The molecule has 0 aliphatic carbocycles. The summed E-state index contributed by atoms with van der Waals surface area (Å²) in [5.74, 6) is 5.98. The second-order valence-electron chi connectivity index (χ2n) is 11.3. The number of hydrogen-bond donors (Lipinski definition) is 3. The number of carboxylic acids is 1. The molecule has 6 rings (SSSR count). The first-order valence-corrected chi connectivity index (χ1v) is 17.2. The molecule has 1 atom stereocenters. The maximum absolute atomic E-state index is 14.7. The topological polar surface area (TPSA) is 118 Å². The molecular formula is C34H35FN7O3S2+. The number of aryl methyl sites for hydroxylation is 1. The zero-order valence-corrected chi connectivity index (χ0v) is 28.0. The van der Waals surface area contributed by atoms with Gasteiger partial charge in [0.2, 0.25) is 0 Å². The Labute approximate surface area is 280 Å². The summed E-state index contributed by atoms with van der Waals surface area (Å²) in [7, 11) is 2.06. The summed E-state index contributed by atoms with van der Waals surface area (Å²) in [5, 5.41) is 23.6. The number of para-hydroxylation sites is 1. The lowest BCUT2D eigenvalue weighted by atomic mass is 10.0. The number of quaternary nitrogens is 1. The third-order valence-corrected chi connectivity index (χ3v) is 10.1. The lowest BCUT2D eigenvalue weighted by Gasteiger charge is -2.28. The van der Waals surface area contributed by atoms with Crippen molar-refractivity contribution in [2.75, 3.05) is 43.5 Å². The molecule has 47 heavy (non-hydrogen) atoms. The third kappa shape index (κ3) is 7.35. The predicted octanol–water partition coefficient (Wildman–Crippen LogP) is 5.41. The first kappa shape index (κ1) is 32.3. The molecule has 0 saturated carbocycles. The van der Waals surface area contributed by atoms with Crippen LogP contribution >= 0.6 is 22.7 Å². The number of carbonyl (C=O) groups is 1. The monoisotopic (exact) mass is 672 g/mol. The lowest BCUT2D eigenvalue weighted by molar-refractivity contribution is -0.869. The highest BCUT2D eigenvalue weighted by molar-refractivity contribution is 7.22. The van der Waals surface area contributed by atoms with Crippen LogP contribution < -0.4 is 19.9 Å². The van der Waals surface area contributed by atoms with Gasteiger partial charge in [0.15, 0.2) is 39.2 Å². The van der Waals surface area contributed by atoms with Gasteiger partial charge in [-0.05, 0) is 75.8 Å².